The first-order valence-corrected chi connectivity index (χ1v) is 11.9. The fraction of sp³-hybridized carbons (Fsp3) is 0.423. The predicted molar refractivity (Wildman–Crippen MR) is 135 cm³/mol. The number of aromatic nitrogens is 3. The minimum absolute atomic E-state index is 0.104. The number of fused-ring (bicyclic) bond motifs is 1. The highest BCUT2D eigenvalue weighted by Gasteiger charge is 2.36. The van der Waals surface area contributed by atoms with E-state index in [4.69, 9.17) is 21.3 Å². The average Bonchev–Trinajstić information content (AvgIpc) is 3.14. The van der Waals surface area contributed by atoms with Gasteiger partial charge in [0, 0.05) is 48.2 Å². The summed E-state index contributed by atoms with van der Waals surface area (Å²) in [7, 11) is 1.64. The molecule has 178 valence electrons. The molecule has 3 aromatic rings. The number of ether oxygens (including phenoxy) is 1. The highest BCUT2D eigenvalue weighted by molar-refractivity contribution is 6.33. The molecule has 1 saturated heterocycles. The molecule has 1 aliphatic heterocycles. The number of nitrogens with zero attached hydrogens (tertiary/aromatic N) is 4. The third-order valence-corrected chi connectivity index (χ3v) is 7.23. The molecular weight excluding hydrogens is 450 g/mol. The number of methoxy groups -OCH3 is 1. The molecule has 3 heterocycles. The zero-order valence-corrected chi connectivity index (χ0v) is 20.8. The van der Waals surface area contributed by atoms with E-state index in [1.165, 1.54) is 0 Å². The molecule has 1 atom stereocenters. The Hall–Kier alpha value is -2.90. The van der Waals surface area contributed by atoms with Gasteiger partial charge < -0.3 is 20.1 Å². The lowest BCUT2D eigenvalue weighted by molar-refractivity contribution is 0.206. The third-order valence-electron chi connectivity index (χ3n) is 6.93. The molecular formula is C26H30ClN5O2. The van der Waals surface area contributed by atoms with Gasteiger partial charge in [-0.1, -0.05) is 32.4 Å². The van der Waals surface area contributed by atoms with Crippen LogP contribution in [0.5, 0.6) is 5.75 Å². The van der Waals surface area contributed by atoms with E-state index in [1.807, 2.05) is 24.4 Å². The first-order valence-electron chi connectivity index (χ1n) is 11.5. The van der Waals surface area contributed by atoms with Gasteiger partial charge in [0.1, 0.15) is 5.75 Å². The van der Waals surface area contributed by atoms with Crippen LogP contribution in [0.2, 0.25) is 5.02 Å². The summed E-state index contributed by atoms with van der Waals surface area (Å²) in [6.45, 7) is 8.59. The molecule has 2 N–H and O–H groups in total. The summed E-state index contributed by atoms with van der Waals surface area (Å²) in [6.07, 6.45) is 5.34. The molecule has 0 spiro atoms. The van der Waals surface area contributed by atoms with Crippen LogP contribution >= 0.6 is 11.6 Å². The van der Waals surface area contributed by atoms with Crippen LogP contribution in [-0.4, -0.2) is 46.9 Å². The minimum Gasteiger partial charge on any atom is -0.494 e. The maximum atomic E-state index is 9.92. The molecule has 1 unspecified atom stereocenters. The molecule has 34 heavy (non-hydrogen) atoms. The first-order chi connectivity index (χ1) is 16.2. The van der Waals surface area contributed by atoms with Crippen molar-refractivity contribution in [2.75, 3.05) is 37.0 Å². The van der Waals surface area contributed by atoms with Gasteiger partial charge in [-0.15, -0.1) is 0 Å². The van der Waals surface area contributed by atoms with E-state index in [1.54, 1.807) is 13.3 Å². The Morgan fingerprint density at radius 1 is 1.18 bits per heavy atom. The molecule has 5 rings (SSSR count). The van der Waals surface area contributed by atoms with E-state index < -0.39 is 0 Å². The Morgan fingerprint density at radius 3 is 2.68 bits per heavy atom. The Kier molecular flexibility index (Phi) is 5.65. The van der Waals surface area contributed by atoms with Crippen LogP contribution < -0.4 is 15.0 Å². The van der Waals surface area contributed by atoms with Gasteiger partial charge in [0.2, 0.25) is 5.95 Å². The molecule has 2 aliphatic rings. The Morgan fingerprint density at radius 2 is 1.97 bits per heavy atom. The van der Waals surface area contributed by atoms with Gasteiger partial charge in [-0.25, -0.2) is 9.97 Å². The van der Waals surface area contributed by atoms with Crippen molar-refractivity contribution in [1.82, 2.24) is 15.0 Å². The van der Waals surface area contributed by atoms with Crippen LogP contribution in [0.1, 0.15) is 38.4 Å². The van der Waals surface area contributed by atoms with E-state index >= 15 is 0 Å². The molecule has 7 nitrogen and oxygen atoms in total. The van der Waals surface area contributed by atoms with Crippen molar-refractivity contribution in [3.63, 3.8) is 0 Å². The molecule has 1 aliphatic carbocycles. The summed E-state index contributed by atoms with van der Waals surface area (Å²) in [4.78, 5) is 16.0. The number of aryl methyl sites for hydroxylation is 1. The number of anilines is 3. The molecule has 1 aromatic carbocycles. The van der Waals surface area contributed by atoms with E-state index in [2.05, 4.69) is 47.0 Å². The van der Waals surface area contributed by atoms with Crippen molar-refractivity contribution in [2.24, 2.45) is 5.41 Å². The lowest BCUT2D eigenvalue weighted by atomic mass is 9.84. The van der Waals surface area contributed by atoms with Crippen molar-refractivity contribution >= 4 is 28.9 Å². The smallest absolute Gasteiger partial charge is 0.227 e. The maximum absolute atomic E-state index is 9.92. The van der Waals surface area contributed by atoms with E-state index in [0.29, 0.717) is 27.8 Å². The van der Waals surface area contributed by atoms with Crippen LogP contribution in [0, 0.1) is 5.41 Å². The lowest BCUT2D eigenvalue weighted by Crippen LogP contribution is -2.53. The molecule has 0 radical (unpaired) electrons. The summed E-state index contributed by atoms with van der Waals surface area (Å²) < 4.78 is 5.65. The zero-order valence-electron chi connectivity index (χ0n) is 20.0. The lowest BCUT2D eigenvalue weighted by Gasteiger charge is -2.47. The second kappa shape index (κ2) is 8.40. The van der Waals surface area contributed by atoms with Gasteiger partial charge in [-0.3, -0.25) is 4.98 Å². The van der Waals surface area contributed by atoms with Crippen LogP contribution in [0.4, 0.5) is 17.3 Å². The van der Waals surface area contributed by atoms with Gasteiger partial charge in [0.25, 0.3) is 0 Å². The highest BCUT2D eigenvalue weighted by Crippen LogP contribution is 2.43. The van der Waals surface area contributed by atoms with Gasteiger partial charge in [-0.2, -0.15) is 0 Å². The van der Waals surface area contributed by atoms with Crippen molar-refractivity contribution in [3.8, 4) is 17.0 Å². The fourth-order valence-electron chi connectivity index (χ4n) is 4.96. The Bertz CT molecular complexity index is 1240. The molecule has 0 saturated carbocycles. The molecule has 2 aromatic heterocycles. The van der Waals surface area contributed by atoms with Crippen LogP contribution in [-0.2, 0) is 11.8 Å². The SMILES string of the molecule is COc1cc(N2CC(C)(C)C2)c(Cl)cc1Nc1nccc(-c2cnc3c(c2)C(C)(CO)CC3)n1. The minimum atomic E-state index is -0.260. The standard InChI is InChI=1S/C26H30ClN5O2/c1-25(2)13-32(14-25)22-11-23(34-4)21(10-18(22)27)31-24-28-8-6-19(30-24)16-9-17-20(29-12-16)5-7-26(17,3)15-33/h6,8-12,33H,5,7,13-15H2,1-4H3,(H,28,30,31). The molecule has 1 fully saturated rings. The maximum Gasteiger partial charge on any atom is 0.227 e. The number of pyridine rings is 1. The van der Waals surface area contributed by atoms with Crippen molar-refractivity contribution < 1.29 is 9.84 Å². The summed E-state index contributed by atoms with van der Waals surface area (Å²) in [5.74, 6) is 1.12. The van der Waals surface area contributed by atoms with E-state index in [0.717, 1.165) is 54.1 Å². The molecule has 0 bridgehead atoms. The number of benzene rings is 1. The number of aliphatic hydroxyl groups excluding tert-OH is 1. The summed E-state index contributed by atoms with van der Waals surface area (Å²) in [5.41, 5.74) is 5.50. The number of halogens is 1. The number of aliphatic hydroxyl groups is 1. The summed E-state index contributed by atoms with van der Waals surface area (Å²) in [5, 5.41) is 13.8. The normalized spacial score (nSPS) is 20.6. The third kappa shape index (κ3) is 4.07. The van der Waals surface area contributed by atoms with E-state index in [9.17, 15) is 5.11 Å². The average molecular weight is 480 g/mol. The van der Waals surface area contributed by atoms with Crippen LogP contribution in [0.3, 0.4) is 0 Å². The quantitative estimate of drug-likeness (QED) is 0.515. The van der Waals surface area contributed by atoms with Crippen molar-refractivity contribution in [2.45, 2.75) is 39.0 Å². The van der Waals surface area contributed by atoms with Gasteiger partial charge in [-0.05, 0) is 42.0 Å². The largest absolute Gasteiger partial charge is 0.494 e. The summed E-state index contributed by atoms with van der Waals surface area (Å²) in [6, 6.07) is 7.78. The number of nitrogens with one attached hydrogen (secondary N) is 1. The van der Waals surface area contributed by atoms with Crippen LogP contribution in [0.15, 0.2) is 36.7 Å². The fourth-order valence-corrected chi connectivity index (χ4v) is 5.24. The Balaban J connectivity index is 1.42. The monoisotopic (exact) mass is 479 g/mol. The molecule has 0 amide bonds. The van der Waals surface area contributed by atoms with Crippen molar-refractivity contribution in [1.29, 1.82) is 0 Å². The second-order valence-corrected chi connectivity index (χ2v) is 10.8. The van der Waals surface area contributed by atoms with Gasteiger partial charge in [0.05, 0.1) is 35.8 Å². The predicted octanol–water partition coefficient (Wildman–Crippen LogP) is 4.99. The van der Waals surface area contributed by atoms with Crippen molar-refractivity contribution in [3.05, 3.63) is 52.9 Å². The zero-order chi connectivity index (χ0) is 24.1. The summed E-state index contributed by atoms with van der Waals surface area (Å²) >= 11 is 6.64. The highest BCUT2D eigenvalue weighted by atomic mass is 35.5. The molecule has 8 heteroatoms. The van der Waals surface area contributed by atoms with Gasteiger partial charge >= 0.3 is 0 Å². The number of hydrogen-bond acceptors (Lipinski definition) is 7. The Labute approximate surface area is 205 Å². The van der Waals surface area contributed by atoms with Crippen LogP contribution in [0.25, 0.3) is 11.3 Å². The first kappa shape index (κ1) is 22.9. The van der Waals surface area contributed by atoms with E-state index in [-0.39, 0.29) is 12.0 Å². The number of rotatable bonds is 6. The topological polar surface area (TPSA) is 83.4 Å². The number of hydrogen-bond donors (Lipinski definition) is 2. The van der Waals surface area contributed by atoms with Gasteiger partial charge in [0.15, 0.2) is 0 Å². The second-order valence-electron chi connectivity index (χ2n) is 10.4.